The minimum absolute atomic E-state index is 0.0514. The first-order valence-corrected chi connectivity index (χ1v) is 20.5. The number of thiazole rings is 1. The summed E-state index contributed by atoms with van der Waals surface area (Å²) in [5.41, 5.74) is 1.15. The van der Waals surface area contributed by atoms with Gasteiger partial charge in [-0.15, -0.1) is 11.3 Å². The van der Waals surface area contributed by atoms with Gasteiger partial charge in [0.25, 0.3) is 0 Å². The van der Waals surface area contributed by atoms with Crippen LogP contribution in [0.5, 0.6) is 0 Å². The molecule has 12 nitrogen and oxygen atoms in total. The van der Waals surface area contributed by atoms with Gasteiger partial charge < -0.3 is 19.7 Å². The average Bonchev–Trinajstić information content (AvgIpc) is 3.63. The summed E-state index contributed by atoms with van der Waals surface area (Å²) in [6.45, 7) is 3.35. The fourth-order valence-corrected chi connectivity index (χ4v) is 9.21. The molecular formula is C35H45Cl2N5O7S2. The zero-order chi connectivity index (χ0) is 36.8. The number of aryl methyl sites for hydroxylation is 1. The zero-order valence-corrected chi connectivity index (χ0v) is 32.3. The highest BCUT2D eigenvalue weighted by Gasteiger charge is 2.42. The van der Waals surface area contributed by atoms with E-state index in [0.29, 0.717) is 62.5 Å². The predicted octanol–water partition coefficient (Wildman–Crippen LogP) is 4.66. The van der Waals surface area contributed by atoms with Crippen molar-refractivity contribution in [3.05, 3.63) is 72.9 Å². The molecule has 1 atom stereocenters. The number of esters is 2. The van der Waals surface area contributed by atoms with Crippen molar-refractivity contribution < 1.29 is 32.3 Å². The molecule has 1 aromatic carbocycles. The summed E-state index contributed by atoms with van der Waals surface area (Å²) in [5.74, 6) is -2.69. The predicted molar refractivity (Wildman–Crippen MR) is 197 cm³/mol. The fourth-order valence-electron chi connectivity index (χ4n) is 7.40. The zero-order valence-electron chi connectivity index (χ0n) is 29.1. The van der Waals surface area contributed by atoms with Crippen LogP contribution < -0.4 is 10.0 Å². The van der Waals surface area contributed by atoms with Crippen molar-refractivity contribution >= 4 is 62.4 Å². The number of carbonyl (C=O) groups excluding carboxylic acids is 3. The van der Waals surface area contributed by atoms with Crippen LogP contribution in [-0.4, -0.2) is 101 Å². The highest BCUT2D eigenvalue weighted by molar-refractivity contribution is 7.88. The van der Waals surface area contributed by atoms with Crippen LogP contribution in [0.25, 0.3) is 0 Å². The number of dihydropyridines is 1. The summed E-state index contributed by atoms with van der Waals surface area (Å²) in [6, 6.07) is 4.93. The molecule has 0 radical (unpaired) electrons. The number of hydrogen-bond acceptors (Lipinski definition) is 11. The van der Waals surface area contributed by atoms with Crippen molar-refractivity contribution in [1.82, 2.24) is 24.8 Å². The van der Waals surface area contributed by atoms with Crippen LogP contribution in [0.2, 0.25) is 10.0 Å². The average molecular weight is 783 g/mol. The molecule has 3 aliphatic rings. The molecule has 0 spiro atoms. The second-order valence-electron chi connectivity index (χ2n) is 13.4. The molecule has 51 heavy (non-hydrogen) atoms. The van der Waals surface area contributed by atoms with Crippen molar-refractivity contribution in [2.45, 2.75) is 57.3 Å². The standard InChI is InChI=1S/C35H45Cl2N5O7S2/c1-48-33(44)30-25(10-11-27-38-14-19-50-27)40-26(31(34(45)49-2)32(30)29-23(36)8-7-9-24(29)37)20-28(43)42-17-15-41(16-18-42)22-35(12-5-4-6-13-35)21-39-51(3,46)47/h7-9,14,19,32,39-40H,4-6,10-13,15-18,20-22H2,1-3H3. The van der Waals surface area contributed by atoms with Gasteiger partial charge in [-0.25, -0.2) is 27.7 Å². The van der Waals surface area contributed by atoms with E-state index in [-0.39, 0.29) is 38.9 Å². The van der Waals surface area contributed by atoms with Gasteiger partial charge in [0.1, 0.15) is 0 Å². The van der Waals surface area contributed by atoms with Gasteiger partial charge in [-0.3, -0.25) is 9.69 Å². The summed E-state index contributed by atoms with van der Waals surface area (Å²) in [6.07, 6.45) is 8.72. The number of amides is 1. The molecule has 2 N–H and O–H groups in total. The maximum absolute atomic E-state index is 14.0. The number of rotatable bonds is 13. The van der Waals surface area contributed by atoms with Gasteiger partial charge in [0.05, 0.1) is 49.0 Å². The summed E-state index contributed by atoms with van der Waals surface area (Å²) in [7, 11) is -0.815. The Morgan fingerprint density at radius 1 is 0.980 bits per heavy atom. The van der Waals surface area contributed by atoms with E-state index in [1.165, 1.54) is 31.8 Å². The second kappa shape index (κ2) is 17.2. The normalized spacial score (nSPS) is 19.9. The van der Waals surface area contributed by atoms with Gasteiger partial charge >= 0.3 is 11.9 Å². The number of halogens is 2. The number of hydrogen-bond donors (Lipinski definition) is 2. The third-order valence-electron chi connectivity index (χ3n) is 9.94. The van der Waals surface area contributed by atoms with Gasteiger partial charge in [0.15, 0.2) is 0 Å². The summed E-state index contributed by atoms with van der Waals surface area (Å²) in [5, 5.41) is 6.47. The Morgan fingerprint density at radius 2 is 1.61 bits per heavy atom. The van der Waals surface area contributed by atoms with Crippen LogP contribution in [0.1, 0.15) is 61.4 Å². The van der Waals surface area contributed by atoms with Crippen molar-refractivity contribution in [3.63, 3.8) is 0 Å². The van der Waals surface area contributed by atoms with Crippen LogP contribution >= 0.6 is 34.5 Å². The van der Waals surface area contributed by atoms with E-state index in [1.807, 2.05) is 5.38 Å². The Bertz CT molecular complexity index is 1750. The van der Waals surface area contributed by atoms with E-state index in [0.717, 1.165) is 43.7 Å². The maximum atomic E-state index is 14.0. The molecule has 1 unspecified atom stereocenters. The Morgan fingerprint density at radius 3 is 2.18 bits per heavy atom. The van der Waals surface area contributed by atoms with Crippen LogP contribution in [0.15, 0.2) is 52.3 Å². The molecule has 1 aliphatic carbocycles. The van der Waals surface area contributed by atoms with Crippen molar-refractivity contribution in [2.24, 2.45) is 5.41 Å². The van der Waals surface area contributed by atoms with E-state index in [1.54, 1.807) is 29.3 Å². The molecule has 1 amide bonds. The topological polar surface area (TPSA) is 147 Å². The highest BCUT2D eigenvalue weighted by Crippen LogP contribution is 2.46. The Hall–Kier alpha value is -3.01. The lowest BCUT2D eigenvalue weighted by molar-refractivity contribution is -0.137. The molecule has 16 heteroatoms. The Labute approximate surface area is 313 Å². The molecule has 278 valence electrons. The van der Waals surface area contributed by atoms with Crippen molar-refractivity contribution in [3.8, 4) is 0 Å². The third kappa shape index (κ3) is 9.71. The summed E-state index contributed by atoms with van der Waals surface area (Å²) in [4.78, 5) is 49.7. The monoisotopic (exact) mass is 781 g/mol. The largest absolute Gasteiger partial charge is 0.466 e. The minimum Gasteiger partial charge on any atom is -0.466 e. The first-order valence-electron chi connectivity index (χ1n) is 17.0. The van der Waals surface area contributed by atoms with E-state index in [9.17, 15) is 22.8 Å². The summed E-state index contributed by atoms with van der Waals surface area (Å²) >= 11 is 14.9. The van der Waals surface area contributed by atoms with Crippen molar-refractivity contribution in [1.29, 1.82) is 0 Å². The van der Waals surface area contributed by atoms with E-state index in [4.69, 9.17) is 32.7 Å². The molecule has 1 saturated heterocycles. The molecule has 2 fully saturated rings. The number of aromatic nitrogens is 1. The number of piperazine rings is 1. The number of nitrogens with zero attached hydrogens (tertiary/aromatic N) is 3. The smallest absolute Gasteiger partial charge is 0.336 e. The molecule has 5 rings (SSSR count). The third-order valence-corrected chi connectivity index (χ3v) is 12.1. The van der Waals surface area contributed by atoms with Crippen LogP contribution in [0, 0.1) is 5.41 Å². The van der Waals surface area contributed by atoms with E-state index in [2.05, 4.69) is 19.9 Å². The molecule has 1 aromatic heterocycles. The number of nitrogens with one attached hydrogen (secondary N) is 2. The quantitative estimate of drug-likeness (QED) is 0.275. The second-order valence-corrected chi connectivity index (χ2v) is 17.0. The number of benzene rings is 1. The fraction of sp³-hybridized carbons (Fsp3) is 0.543. The van der Waals surface area contributed by atoms with Gasteiger partial charge in [-0.05, 0) is 36.8 Å². The van der Waals surface area contributed by atoms with Gasteiger partial charge in [-0.1, -0.05) is 48.5 Å². The molecule has 2 aliphatic heterocycles. The SMILES string of the molecule is COC(=O)C1=C(CCc2nccs2)NC(CC(=O)N2CCN(CC3(CNS(C)(=O)=O)CCCCC3)CC2)=C(C(=O)OC)C1c1c(Cl)cccc1Cl. The van der Waals surface area contributed by atoms with Crippen molar-refractivity contribution in [2.75, 3.05) is 59.7 Å². The number of sulfonamides is 1. The molecule has 2 aromatic rings. The van der Waals surface area contributed by atoms with E-state index >= 15 is 0 Å². The maximum Gasteiger partial charge on any atom is 0.336 e. The van der Waals surface area contributed by atoms with Gasteiger partial charge in [0.2, 0.25) is 15.9 Å². The van der Waals surface area contributed by atoms with Crippen LogP contribution in [-0.2, 0) is 40.3 Å². The number of carbonyl (C=O) groups is 3. The lowest BCUT2D eigenvalue weighted by Gasteiger charge is -2.44. The first-order chi connectivity index (χ1) is 24.3. The van der Waals surface area contributed by atoms with E-state index < -0.39 is 27.9 Å². The number of methoxy groups -OCH3 is 2. The van der Waals surface area contributed by atoms with Gasteiger partial charge in [0, 0.05) is 84.3 Å². The number of ether oxygens (including phenoxy) is 2. The Balaban J connectivity index is 1.42. The minimum atomic E-state index is -3.32. The molecule has 3 heterocycles. The molecule has 0 bridgehead atoms. The molecular weight excluding hydrogens is 737 g/mol. The first kappa shape index (κ1) is 39.2. The lowest BCUT2D eigenvalue weighted by atomic mass is 9.73. The number of allylic oxidation sites excluding steroid dienone is 1. The van der Waals surface area contributed by atoms with Gasteiger partial charge in [-0.2, -0.15) is 0 Å². The van der Waals surface area contributed by atoms with Crippen LogP contribution in [0.3, 0.4) is 0 Å². The highest BCUT2D eigenvalue weighted by atomic mass is 35.5. The molecule has 1 saturated carbocycles. The summed E-state index contributed by atoms with van der Waals surface area (Å²) < 4.78 is 37.1. The Kier molecular flexibility index (Phi) is 13.2. The lowest BCUT2D eigenvalue weighted by Crippen LogP contribution is -2.54. The van der Waals surface area contributed by atoms with Crippen LogP contribution in [0.4, 0.5) is 0 Å².